The van der Waals surface area contributed by atoms with E-state index < -0.39 is 5.92 Å². The van der Waals surface area contributed by atoms with Crippen LogP contribution in [0.4, 0.5) is 8.78 Å². The molecule has 2 rings (SSSR count). The molecule has 76 valence electrons. The van der Waals surface area contributed by atoms with Crippen LogP contribution in [0.5, 0.6) is 0 Å². The van der Waals surface area contributed by atoms with Crippen LogP contribution in [0.15, 0.2) is 12.4 Å². The Morgan fingerprint density at radius 1 is 1.64 bits per heavy atom. The number of hydrogen-bond donors (Lipinski definition) is 0. The van der Waals surface area contributed by atoms with Gasteiger partial charge in [0.25, 0.3) is 0 Å². The third kappa shape index (κ3) is 1.66. The van der Waals surface area contributed by atoms with Crippen LogP contribution in [0.1, 0.15) is 35.7 Å². The standard InChI is InChI=1S/C9H10F2N2O/c10-9(11)2-1-8(3-9)13-5-7(6-14)4-12-13/h4-6,8H,1-3H2. The summed E-state index contributed by atoms with van der Waals surface area (Å²) in [6.45, 7) is 0. The highest BCUT2D eigenvalue weighted by Crippen LogP contribution is 2.41. The van der Waals surface area contributed by atoms with E-state index in [9.17, 15) is 13.6 Å². The van der Waals surface area contributed by atoms with E-state index in [4.69, 9.17) is 0 Å². The second-order valence-electron chi connectivity index (χ2n) is 3.62. The van der Waals surface area contributed by atoms with Gasteiger partial charge >= 0.3 is 0 Å². The fraction of sp³-hybridized carbons (Fsp3) is 0.556. The lowest BCUT2D eigenvalue weighted by molar-refractivity contribution is 0.00518. The molecule has 1 aromatic heterocycles. The maximum atomic E-state index is 12.9. The third-order valence-corrected chi connectivity index (χ3v) is 2.51. The van der Waals surface area contributed by atoms with Crippen molar-refractivity contribution < 1.29 is 13.6 Å². The van der Waals surface area contributed by atoms with Gasteiger partial charge in [0.15, 0.2) is 6.29 Å². The van der Waals surface area contributed by atoms with Gasteiger partial charge in [0.2, 0.25) is 5.92 Å². The first kappa shape index (κ1) is 9.30. The van der Waals surface area contributed by atoms with E-state index in [1.54, 1.807) is 0 Å². The first-order valence-corrected chi connectivity index (χ1v) is 4.48. The van der Waals surface area contributed by atoms with Gasteiger partial charge in [-0.1, -0.05) is 0 Å². The summed E-state index contributed by atoms with van der Waals surface area (Å²) >= 11 is 0. The molecular weight excluding hydrogens is 190 g/mol. The molecule has 1 aromatic rings. The van der Waals surface area contributed by atoms with E-state index >= 15 is 0 Å². The normalized spacial score (nSPS) is 25.1. The van der Waals surface area contributed by atoms with Gasteiger partial charge in [-0.05, 0) is 6.42 Å². The number of carbonyl (C=O) groups excluding carboxylic acids is 1. The summed E-state index contributed by atoms with van der Waals surface area (Å²) < 4.78 is 27.2. The first-order chi connectivity index (χ1) is 6.61. The van der Waals surface area contributed by atoms with Gasteiger partial charge in [-0.25, -0.2) is 8.78 Å². The number of hydrogen-bond acceptors (Lipinski definition) is 2. The Morgan fingerprint density at radius 2 is 2.43 bits per heavy atom. The molecule has 0 N–H and O–H groups in total. The third-order valence-electron chi connectivity index (χ3n) is 2.51. The van der Waals surface area contributed by atoms with E-state index in [0.717, 1.165) is 0 Å². The van der Waals surface area contributed by atoms with Crippen LogP contribution in [0.2, 0.25) is 0 Å². The number of nitrogens with zero attached hydrogens (tertiary/aromatic N) is 2. The molecule has 5 heteroatoms. The predicted octanol–water partition coefficient (Wildman–Crippen LogP) is 2.06. The van der Waals surface area contributed by atoms with Crippen LogP contribution < -0.4 is 0 Å². The number of carbonyl (C=O) groups is 1. The van der Waals surface area contributed by atoms with E-state index in [1.165, 1.54) is 17.1 Å². The zero-order valence-corrected chi connectivity index (χ0v) is 7.49. The Kier molecular flexibility index (Phi) is 2.09. The summed E-state index contributed by atoms with van der Waals surface area (Å²) in [6, 6.07) is -0.265. The van der Waals surface area contributed by atoms with Crippen LogP contribution in [0.3, 0.4) is 0 Å². The van der Waals surface area contributed by atoms with Crippen molar-refractivity contribution >= 4 is 6.29 Å². The molecule has 1 aliphatic carbocycles. The van der Waals surface area contributed by atoms with Crippen molar-refractivity contribution in [3.8, 4) is 0 Å². The summed E-state index contributed by atoms with van der Waals surface area (Å²) in [5, 5.41) is 3.89. The summed E-state index contributed by atoms with van der Waals surface area (Å²) in [5.41, 5.74) is 0.431. The molecule has 1 atom stereocenters. The van der Waals surface area contributed by atoms with Crippen LogP contribution in [0, 0.1) is 0 Å². The minimum Gasteiger partial charge on any atom is -0.298 e. The van der Waals surface area contributed by atoms with Gasteiger partial charge in [-0.2, -0.15) is 5.10 Å². The highest BCUT2D eigenvalue weighted by atomic mass is 19.3. The van der Waals surface area contributed by atoms with Crippen molar-refractivity contribution in [3.05, 3.63) is 18.0 Å². The minimum atomic E-state index is -2.57. The Labute approximate surface area is 79.7 Å². The maximum Gasteiger partial charge on any atom is 0.250 e. The van der Waals surface area contributed by atoms with Crippen LogP contribution >= 0.6 is 0 Å². The van der Waals surface area contributed by atoms with E-state index in [-0.39, 0.29) is 18.9 Å². The van der Waals surface area contributed by atoms with Crippen molar-refractivity contribution in [2.24, 2.45) is 0 Å². The molecule has 0 aromatic carbocycles. The monoisotopic (exact) mass is 200 g/mol. The molecule has 1 aliphatic rings. The fourth-order valence-electron chi connectivity index (χ4n) is 1.77. The van der Waals surface area contributed by atoms with E-state index in [2.05, 4.69) is 5.10 Å². The largest absolute Gasteiger partial charge is 0.298 e. The van der Waals surface area contributed by atoms with Gasteiger partial charge in [0.05, 0.1) is 17.8 Å². The van der Waals surface area contributed by atoms with Gasteiger partial charge in [0.1, 0.15) is 0 Å². The molecule has 0 saturated heterocycles. The molecule has 0 amide bonds. The van der Waals surface area contributed by atoms with Crippen molar-refractivity contribution in [2.45, 2.75) is 31.2 Å². The van der Waals surface area contributed by atoms with Crippen molar-refractivity contribution in [3.63, 3.8) is 0 Å². The number of halogens is 2. The Bertz CT molecular complexity index is 348. The Balaban J connectivity index is 2.13. The average molecular weight is 200 g/mol. The molecule has 1 unspecified atom stereocenters. The summed E-state index contributed by atoms with van der Waals surface area (Å²) in [5.74, 6) is -2.57. The molecule has 0 bridgehead atoms. The zero-order valence-electron chi connectivity index (χ0n) is 7.49. The summed E-state index contributed by atoms with van der Waals surface area (Å²) in [4.78, 5) is 10.4. The van der Waals surface area contributed by atoms with Crippen LogP contribution in [-0.2, 0) is 0 Å². The minimum absolute atomic E-state index is 0.0893. The lowest BCUT2D eigenvalue weighted by Crippen LogP contribution is -2.12. The van der Waals surface area contributed by atoms with Crippen molar-refractivity contribution in [1.82, 2.24) is 9.78 Å². The second kappa shape index (κ2) is 3.15. The first-order valence-electron chi connectivity index (χ1n) is 4.48. The SMILES string of the molecule is O=Cc1cnn(C2CCC(F)(F)C2)c1. The zero-order chi connectivity index (χ0) is 10.2. The van der Waals surface area contributed by atoms with Crippen LogP contribution in [0.25, 0.3) is 0 Å². The lowest BCUT2D eigenvalue weighted by Gasteiger charge is -2.10. The molecule has 3 nitrogen and oxygen atoms in total. The van der Waals surface area contributed by atoms with E-state index in [1.807, 2.05) is 0 Å². The Morgan fingerprint density at radius 3 is 2.93 bits per heavy atom. The quantitative estimate of drug-likeness (QED) is 0.685. The number of aromatic nitrogens is 2. The topological polar surface area (TPSA) is 34.9 Å². The van der Waals surface area contributed by atoms with Gasteiger partial charge < -0.3 is 0 Å². The molecule has 0 aliphatic heterocycles. The van der Waals surface area contributed by atoms with Gasteiger partial charge in [-0.3, -0.25) is 9.48 Å². The molecule has 0 radical (unpaired) electrons. The van der Waals surface area contributed by atoms with Gasteiger partial charge in [0, 0.05) is 19.0 Å². The molecule has 1 saturated carbocycles. The molecule has 14 heavy (non-hydrogen) atoms. The Hall–Kier alpha value is -1.26. The predicted molar refractivity (Wildman–Crippen MR) is 45.4 cm³/mol. The number of alkyl halides is 2. The highest BCUT2D eigenvalue weighted by Gasteiger charge is 2.40. The van der Waals surface area contributed by atoms with Crippen LogP contribution in [-0.4, -0.2) is 22.0 Å². The summed E-state index contributed by atoms with van der Waals surface area (Å²) in [7, 11) is 0. The van der Waals surface area contributed by atoms with Gasteiger partial charge in [-0.15, -0.1) is 0 Å². The molecule has 0 spiro atoms. The molecule has 1 heterocycles. The number of rotatable bonds is 2. The highest BCUT2D eigenvalue weighted by molar-refractivity contribution is 5.73. The maximum absolute atomic E-state index is 12.9. The smallest absolute Gasteiger partial charge is 0.250 e. The average Bonchev–Trinajstić information content (AvgIpc) is 2.70. The summed E-state index contributed by atoms with van der Waals surface area (Å²) in [6.07, 6.45) is 3.73. The molecule has 1 fully saturated rings. The van der Waals surface area contributed by atoms with E-state index in [0.29, 0.717) is 18.3 Å². The number of aldehydes is 1. The van der Waals surface area contributed by atoms with Crippen molar-refractivity contribution in [2.75, 3.05) is 0 Å². The van der Waals surface area contributed by atoms with Crippen molar-refractivity contribution in [1.29, 1.82) is 0 Å². The second-order valence-corrected chi connectivity index (χ2v) is 3.62. The fourth-order valence-corrected chi connectivity index (χ4v) is 1.77. The lowest BCUT2D eigenvalue weighted by atomic mass is 10.2. The molecular formula is C9H10F2N2O.